The van der Waals surface area contributed by atoms with Crippen LogP contribution in [0.15, 0.2) is 78.2 Å². The number of carbonyl (C=O) groups excluding carboxylic acids is 1. The number of benzene rings is 2. The van der Waals surface area contributed by atoms with Crippen molar-refractivity contribution in [2.75, 3.05) is 29.3 Å². The van der Waals surface area contributed by atoms with E-state index in [1.165, 1.54) is 18.6 Å². The third-order valence-electron chi connectivity index (χ3n) is 6.33. The topological polar surface area (TPSA) is 100 Å². The van der Waals surface area contributed by atoms with Crippen LogP contribution >= 0.6 is 11.6 Å². The van der Waals surface area contributed by atoms with Crippen molar-refractivity contribution in [2.24, 2.45) is 0 Å². The maximum Gasteiger partial charge on any atom is 0.263 e. The smallest absolute Gasteiger partial charge is 0.263 e. The summed E-state index contributed by atoms with van der Waals surface area (Å²) >= 11 is 6.37. The van der Waals surface area contributed by atoms with Gasteiger partial charge in [-0.3, -0.25) is 9.52 Å². The molecule has 0 bridgehead atoms. The molecule has 1 atom stereocenters. The summed E-state index contributed by atoms with van der Waals surface area (Å²) < 4.78 is 29.6. The second-order valence-electron chi connectivity index (χ2n) is 8.70. The van der Waals surface area contributed by atoms with Gasteiger partial charge in [0.2, 0.25) is 5.91 Å². The van der Waals surface area contributed by atoms with Gasteiger partial charge < -0.3 is 14.4 Å². The molecule has 1 aliphatic rings. The van der Waals surface area contributed by atoms with Crippen molar-refractivity contribution in [3.63, 3.8) is 0 Å². The summed E-state index contributed by atoms with van der Waals surface area (Å²) in [5.41, 5.74) is 1.76. The predicted molar refractivity (Wildman–Crippen MR) is 140 cm³/mol. The van der Waals surface area contributed by atoms with E-state index in [1.54, 1.807) is 24.3 Å². The molecule has 4 aromatic rings. The highest BCUT2D eigenvalue weighted by Gasteiger charge is 2.28. The Morgan fingerprint density at radius 3 is 2.64 bits per heavy atom. The molecule has 1 fully saturated rings. The van der Waals surface area contributed by atoms with Gasteiger partial charge in [-0.1, -0.05) is 23.7 Å². The zero-order valence-electron chi connectivity index (χ0n) is 19.6. The van der Waals surface area contributed by atoms with E-state index >= 15 is 0 Å². The second-order valence-corrected chi connectivity index (χ2v) is 10.8. The summed E-state index contributed by atoms with van der Waals surface area (Å²) in [6.07, 6.45) is 4.64. The van der Waals surface area contributed by atoms with Crippen LogP contribution in [0.4, 0.5) is 11.5 Å². The zero-order valence-corrected chi connectivity index (χ0v) is 21.2. The monoisotopic (exact) mass is 524 g/mol. The molecule has 3 heterocycles. The van der Waals surface area contributed by atoms with E-state index in [0.29, 0.717) is 24.7 Å². The first kappa shape index (κ1) is 24.1. The summed E-state index contributed by atoms with van der Waals surface area (Å²) in [7, 11) is -3.76. The van der Waals surface area contributed by atoms with Crippen molar-refractivity contribution in [2.45, 2.75) is 24.4 Å². The van der Waals surface area contributed by atoms with Crippen molar-refractivity contribution in [3.05, 3.63) is 78.3 Å². The zero-order chi connectivity index (χ0) is 25.3. The van der Waals surface area contributed by atoms with Gasteiger partial charge in [0.1, 0.15) is 18.7 Å². The number of rotatable bonds is 6. The molecule has 0 saturated carbocycles. The van der Waals surface area contributed by atoms with E-state index in [9.17, 15) is 13.2 Å². The molecule has 5 rings (SSSR count). The van der Waals surface area contributed by atoms with E-state index in [1.807, 2.05) is 46.9 Å². The Bertz CT molecular complexity index is 1490. The Hall–Kier alpha value is -3.63. The molecule has 0 unspecified atom stereocenters. The summed E-state index contributed by atoms with van der Waals surface area (Å²) in [5.74, 6) is 0.246. The van der Waals surface area contributed by atoms with Gasteiger partial charge in [0.05, 0.1) is 15.4 Å². The van der Waals surface area contributed by atoms with Gasteiger partial charge in [-0.15, -0.1) is 0 Å². The number of halogens is 1. The average Bonchev–Trinajstić information content (AvgIpc) is 3.28. The quantitative estimate of drug-likeness (QED) is 0.413. The van der Waals surface area contributed by atoms with E-state index in [-0.39, 0.29) is 29.2 Å². The first-order valence-electron chi connectivity index (χ1n) is 11.5. The van der Waals surface area contributed by atoms with Gasteiger partial charge in [-0.25, -0.2) is 18.4 Å². The second kappa shape index (κ2) is 9.79. The van der Waals surface area contributed by atoms with E-state index < -0.39 is 10.0 Å². The third kappa shape index (κ3) is 4.87. The Balaban J connectivity index is 1.23. The molecular weight excluding hydrogens is 500 g/mol. The summed E-state index contributed by atoms with van der Waals surface area (Å²) in [5, 5.41) is 1.63. The van der Waals surface area contributed by atoms with Crippen LogP contribution in [-0.4, -0.2) is 59.4 Å². The first-order valence-corrected chi connectivity index (χ1v) is 13.3. The average molecular weight is 525 g/mol. The molecule has 1 N–H and O–H groups in total. The number of nitrogens with zero attached hydrogens (tertiary/aromatic N) is 5. The van der Waals surface area contributed by atoms with Gasteiger partial charge in [0.25, 0.3) is 10.0 Å². The molecule has 9 nitrogen and oxygen atoms in total. The molecule has 1 saturated heterocycles. The third-order valence-corrected chi connectivity index (χ3v) is 8.00. The fourth-order valence-electron chi connectivity index (χ4n) is 4.53. The van der Waals surface area contributed by atoms with Crippen LogP contribution in [0.3, 0.4) is 0 Å². The lowest BCUT2D eigenvalue weighted by Crippen LogP contribution is -2.54. The molecule has 2 aromatic carbocycles. The Kier molecular flexibility index (Phi) is 6.55. The maximum absolute atomic E-state index is 13.1. The van der Waals surface area contributed by atoms with Crippen LogP contribution in [0, 0.1) is 0 Å². The molecule has 1 aliphatic heterocycles. The molecule has 2 aromatic heterocycles. The predicted octanol–water partition coefficient (Wildman–Crippen LogP) is 3.62. The number of anilines is 2. The minimum absolute atomic E-state index is 0.00797. The number of sulfonamides is 1. The number of amides is 1. The summed E-state index contributed by atoms with van der Waals surface area (Å²) in [4.78, 5) is 25.0. The van der Waals surface area contributed by atoms with Crippen LogP contribution < -0.4 is 9.62 Å². The highest BCUT2D eigenvalue weighted by molar-refractivity contribution is 7.92. The van der Waals surface area contributed by atoms with Crippen LogP contribution in [0.5, 0.6) is 0 Å². The van der Waals surface area contributed by atoms with Gasteiger partial charge in [-0.05, 0) is 49.4 Å². The highest BCUT2D eigenvalue weighted by Crippen LogP contribution is 2.26. The lowest BCUT2D eigenvalue weighted by Gasteiger charge is -2.41. The number of para-hydroxylation sites is 1. The number of fused-ring (bicyclic) bond motifs is 1. The summed E-state index contributed by atoms with van der Waals surface area (Å²) in [6, 6.07) is 15.9. The molecular formula is C25H25ClN6O3S. The first-order chi connectivity index (χ1) is 17.3. The number of aromatic nitrogens is 3. The van der Waals surface area contributed by atoms with Crippen molar-refractivity contribution in [1.29, 1.82) is 0 Å². The van der Waals surface area contributed by atoms with Crippen LogP contribution in [0.1, 0.15) is 6.92 Å². The van der Waals surface area contributed by atoms with Gasteiger partial charge >= 0.3 is 0 Å². The number of carbonyl (C=O) groups is 1. The Morgan fingerprint density at radius 1 is 1.11 bits per heavy atom. The van der Waals surface area contributed by atoms with Crippen LogP contribution in [-0.2, 0) is 21.4 Å². The van der Waals surface area contributed by atoms with E-state index in [0.717, 1.165) is 16.6 Å². The van der Waals surface area contributed by atoms with Gasteiger partial charge in [0, 0.05) is 49.1 Å². The SMILES string of the molecule is C[C@@H]1CN(c2ccc(S(=O)(=O)Nc3ccncn3)cc2)CCN1C(=O)Cn1ccc2cccc(Cl)c21. The number of nitrogens with one attached hydrogen (secondary N) is 1. The maximum atomic E-state index is 13.1. The number of piperazine rings is 1. The van der Waals surface area contributed by atoms with Crippen molar-refractivity contribution in [1.82, 2.24) is 19.4 Å². The van der Waals surface area contributed by atoms with Crippen LogP contribution in [0.2, 0.25) is 5.02 Å². The van der Waals surface area contributed by atoms with E-state index in [4.69, 9.17) is 11.6 Å². The molecule has 0 radical (unpaired) electrons. The number of hydrogen-bond acceptors (Lipinski definition) is 6. The minimum Gasteiger partial charge on any atom is -0.368 e. The largest absolute Gasteiger partial charge is 0.368 e. The lowest BCUT2D eigenvalue weighted by molar-refractivity contribution is -0.134. The van der Waals surface area contributed by atoms with Crippen LogP contribution in [0.25, 0.3) is 10.9 Å². The van der Waals surface area contributed by atoms with Crippen molar-refractivity contribution < 1.29 is 13.2 Å². The molecule has 11 heteroatoms. The molecule has 1 amide bonds. The van der Waals surface area contributed by atoms with E-state index in [2.05, 4.69) is 19.6 Å². The standard InChI is InChI=1S/C25H25ClN6O3S/c1-18-15-30(20-5-7-21(8-6-20)36(34,35)29-23-9-11-27-17-28-23)13-14-32(18)24(33)16-31-12-10-19-3-2-4-22(26)25(19)31/h2-12,17-18H,13-16H2,1H3,(H,27,28,29)/t18-/m1/s1. The number of hydrogen-bond donors (Lipinski definition) is 1. The minimum atomic E-state index is -3.76. The van der Waals surface area contributed by atoms with Gasteiger partial charge in [0.15, 0.2) is 0 Å². The molecule has 186 valence electrons. The Morgan fingerprint density at radius 2 is 1.92 bits per heavy atom. The lowest BCUT2D eigenvalue weighted by atomic mass is 10.1. The Labute approximate surface area is 214 Å². The molecule has 36 heavy (non-hydrogen) atoms. The van der Waals surface area contributed by atoms with Crippen molar-refractivity contribution >= 4 is 49.9 Å². The highest BCUT2D eigenvalue weighted by atomic mass is 35.5. The fourth-order valence-corrected chi connectivity index (χ4v) is 5.83. The van der Waals surface area contributed by atoms with Gasteiger partial charge in [-0.2, -0.15) is 0 Å². The normalized spacial score (nSPS) is 16.3. The summed E-state index contributed by atoms with van der Waals surface area (Å²) in [6.45, 7) is 4.11. The fraction of sp³-hybridized carbons (Fsp3) is 0.240. The van der Waals surface area contributed by atoms with Crippen molar-refractivity contribution in [3.8, 4) is 0 Å². The molecule has 0 spiro atoms. The molecule has 0 aliphatic carbocycles.